The molecule has 19 heavy (non-hydrogen) atoms. The van der Waals surface area contributed by atoms with Crippen LogP contribution < -0.4 is 0 Å². The Bertz CT molecular complexity index is 596. The summed E-state index contributed by atoms with van der Waals surface area (Å²) >= 11 is 0. The third kappa shape index (κ3) is 2.99. The van der Waals surface area contributed by atoms with Crippen LogP contribution in [0.5, 0.6) is 0 Å². The van der Waals surface area contributed by atoms with Crippen LogP contribution in [0.2, 0.25) is 0 Å². The largest absolute Gasteiger partial charge is 0.443 e. The Morgan fingerprint density at radius 3 is 2.95 bits per heavy atom. The third-order valence-corrected chi connectivity index (χ3v) is 3.18. The van der Waals surface area contributed by atoms with Crippen LogP contribution in [-0.2, 0) is 6.42 Å². The molecule has 1 aliphatic rings. The molecule has 0 saturated heterocycles. The van der Waals surface area contributed by atoms with Crippen molar-refractivity contribution in [3.8, 4) is 11.6 Å². The molecule has 2 aromatic heterocycles. The zero-order valence-corrected chi connectivity index (χ0v) is 10.7. The van der Waals surface area contributed by atoms with Gasteiger partial charge in [0.1, 0.15) is 12.0 Å². The summed E-state index contributed by atoms with van der Waals surface area (Å²) in [4.78, 5) is 8.72. The number of aryl methyl sites for hydroxylation is 1. The van der Waals surface area contributed by atoms with E-state index in [1.807, 2.05) is 18.2 Å². The second-order valence-corrected chi connectivity index (χ2v) is 4.62. The molecular formula is C16H16N2O. The molecule has 0 radical (unpaired) electrons. The highest BCUT2D eigenvalue weighted by molar-refractivity contribution is 5.46. The lowest BCUT2D eigenvalue weighted by atomic mass is 10.0. The first kappa shape index (κ1) is 11.9. The highest BCUT2D eigenvalue weighted by atomic mass is 16.3. The summed E-state index contributed by atoms with van der Waals surface area (Å²) in [6, 6.07) is 5.72. The van der Waals surface area contributed by atoms with Gasteiger partial charge in [-0.05, 0) is 37.8 Å². The van der Waals surface area contributed by atoms with Crippen molar-refractivity contribution in [2.24, 2.45) is 0 Å². The number of hydrogen-bond donors (Lipinski definition) is 0. The van der Waals surface area contributed by atoms with Crippen LogP contribution in [0, 0.1) is 0 Å². The molecule has 0 spiro atoms. The van der Waals surface area contributed by atoms with Gasteiger partial charge in [-0.25, -0.2) is 4.98 Å². The number of aromatic nitrogens is 2. The lowest BCUT2D eigenvalue weighted by molar-refractivity contribution is 0.570. The second-order valence-electron chi connectivity index (χ2n) is 4.62. The van der Waals surface area contributed by atoms with Crippen molar-refractivity contribution in [2.75, 3.05) is 0 Å². The average Bonchev–Trinajstić information content (AvgIpc) is 2.96. The van der Waals surface area contributed by atoms with Gasteiger partial charge in [-0.2, -0.15) is 0 Å². The smallest absolute Gasteiger partial charge is 0.245 e. The fourth-order valence-electron chi connectivity index (χ4n) is 2.15. The van der Waals surface area contributed by atoms with Crippen LogP contribution in [0.3, 0.4) is 0 Å². The fourth-order valence-corrected chi connectivity index (χ4v) is 2.15. The van der Waals surface area contributed by atoms with Crippen LogP contribution in [0.1, 0.15) is 25.0 Å². The lowest BCUT2D eigenvalue weighted by Crippen LogP contribution is -1.91. The Kier molecular flexibility index (Phi) is 3.54. The minimum absolute atomic E-state index is 0.601. The quantitative estimate of drug-likeness (QED) is 0.827. The van der Waals surface area contributed by atoms with E-state index < -0.39 is 0 Å². The van der Waals surface area contributed by atoms with Crippen LogP contribution in [-0.4, -0.2) is 9.97 Å². The van der Waals surface area contributed by atoms with E-state index in [4.69, 9.17) is 4.42 Å². The first-order valence-corrected chi connectivity index (χ1v) is 6.63. The van der Waals surface area contributed by atoms with Gasteiger partial charge in [0.25, 0.3) is 0 Å². The Morgan fingerprint density at radius 1 is 1.16 bits per heavy atom. The van der Waals surface area contributed by atoms with Gasteiger partial charge in [-0.3, -0.25) is 4.98 Å². The SMILES string of the molecule is C1=CC(CCc2coc(-c3ccccn3)n2)=CCC1. The molecule has 0 bridgehead atoms. The number of allylic oxidation sites excluding steroid dienone is 4. The monoisotopic (exact) mass is 252 g/mol. The molecule has 0 fully saturated rings. The van der Waals surface area contributed by atoms with Crippen molar-refractivity contribution in [3.63, 3.8) is 0 Å². The molecule has 3 nitrogen and oxygen atoms in total. The molecule has 0 aromatic carbocycles. The Hall–Kier alpha value is -2.16. The zero-order valence-electron chi connectivity index (χ0n) is 10.7. The molecule has 0 amide bonds. The van der Waals surface area contributed by atoms with Gasteiger partial charge < -0.3 is 4.42 Å². The van der Waals surface area contributed by atoms with Gasteiger partial charge in [0.15, 0.2) is 0 Å². The molecule has 2 heterocycles. The van der Waals surface area contributed by atoms with Gasteiger partial charge in [-0.15, -0.1) is 0 Å². The van der Waals surface area contributed by atoms with Crippen LogP contribution in [0.15, 0.2) is 58.9 Å². The maximum atomic E-state index is 5.48. The zero-order chi connectivity index (χ0) is 12.9. The molecule has 1 aliphatic carbocycles. The van der Waals surface area contributed by atoms with Gasteiger partial charge in [0.05, 0.1) is 5.69 Å². The summed E-state index contributed by atoms with van der Waals surface area (Å²) in [6.07, 6.45) is 14.5. The Morgan fingerprint density at radius 2 is 2.16 bits per heavy atom. The standard InChI is InChI=1S/C16H16N2O/c1-2-6-13(7-3-1)9-10-14-12-19-16(18-14)15-8-4-5-11-17-15/h2,4-8,11-12H,1,3,9-10H2. The van der Waals surface area contributed by atoms with E-state index in [1.165, 1.54) is 5.57 Å². The first-order valence-electron chi connectivity index (χ1n) is 6.63. The van der Waals surface area contributed by atoms with Gasteiger partial charge >= 0.3 is 0 Å². The van der Waals surface area contributed by atoms with Crippen LogP contribution in [0.4, 0.5) is 0 Å². The first-order chi connectivity index (χ1) is 9.42. The minimum Gasteiger partial charge on any atom is -0.443 e. The van der Waals surface area contributed by atoms with E-state index in [0.29, 0.717) is 5.89 Å². The van der Waals surface area contributed by atoms with Crippen molar-refractivity contribution in [1.82, 2.24) is 9.97 Å². The Balaban J connectivity index is 1.65. The van der Waals surface area contributed by atoms with E-state index in [9.17, 15) is 0 Å². The summed E-state index contributed by atoms with van der Waals surface area (Å²) in [5, 5.41) is 0. The molecule has 3 heteroatoms. The predicted molar refractivity (Wildman–Crippen MR) is 74.5 cm³/mol. The number of oxazole rings is 1. The summed E-state index contributed by atoms with van der Waals surface area (Å²) < 4.78 is 5.48. The summed E-state index contributed by atoms with van der Waals surface area (Å²) in [5.74, 6) is 0.601. The van der Waals surface area contributed by atoms with Gasteiger partial charge in [-0.1, -0.05) is 29.9 Å². The molecule has 0 N–H and O–H groups in total. The van der Waals surface area contributed by atoms with Crippen LogP contribution >= 0.6 is 0 Å². The molecule has 96 valence electrons. The normalized spacial score (nSPS) is 14.4. The number of hydrogen-bond acceptors (Lipinski definition) is 3. The maximum Gasteiger partial charge on any atom is 0.245 e. The lowest BCUT2D eigenvalue weighted by Gasteiger charge is -2.04. The molecule has 3 rings (SSSR count). The van der Waals surface area contributed by atoms with Gasteiger partial charge in [0, 0.05) is 6.20 Å². The number of pyridine rings is 1. The second kappa shape index (κ2) is 5.65. The minimum atomic E-state index is 0.601. The molecule has 0 atom stereocenters. The number of nitrogens with zero attached hydrogens (tertiary/aromatic N) is 2. The molecule has 0 saturated carbocycles. The fraction of sp³-hybridized carbons (Fsp3) is 0.250. The van der Waals surface area contributed by atoms with Crippen molar-refractivity contribution < 1.29 is 4.42 Å². The summed E-state index contributed by atoms with van der Waals surface area (Å²) in [7, 11) is 0. The van der Waals surface area contributed by atoms with Crippen LogP contribution in [0.25, 0.3) is 11.6 Å². The third-order valence-electron chi connectivity index (χ3n) is 3.18. The molecular weight excluding hydrogens is 236 g/mol. The average molecular weight is 252 g/mol. The molecule has 0 unspecified atom stereocenters. The number of rotatable bonds is 4. The summed E-state index contributed by atoms with van der Waals surface area (Å²) in [5.41, 5.74) is 3.17. The van der Waals surface area contributed by atoms with Crippen molar-refractivity contribution in [3.05, 3.63) is 60.2 Å². The van der Waals surface area contributed by atoms with Crippen molar-refractivity contribution in [1.29, 1.82) is 0 Å². The van der Waals surface area contributed by atoms with E-state index in [-0.39, 0.29) is 0 Å². The topological polar surface area (TPSA) is 38.9 Å². The van der Waals surface area contributed by atoms with E-state index in [1.54, 1.807) is 12.5 Å². The maximum absolute atomic E-state index is 5.48. The van der Waals surface area contributed by atoms with Gasteiger partial charge in [0.2, 0.25) is 5.89 Å². The highest BCUT2D eigenvalue weighted by Gasteiger charge is 2.08. The highest BCUT2D eigenvalue weighted by Crippen LogP contribution is 2.19. The Labute approximate surface area is 112 Å². The van der Waals surface area contributed by atoms with E-state index >= 15 is 0 Å². The summed E-state index contributed by atoms with van der Waals surface area (Å²) in [6.45, 7) is 0. The molecule has 0 aliphatic heterocycles. The van der Waals surface area contributed by atoms with Crippen molar-refractivity contribution >= 4 is 0 Å². The predicted octanol–water partition coefficient (Wildman–Crippen LogP) is 3.95. The van der Waals surface area contributed by atoms with Crippen molar-refractivity contribution in [2.45, 2.75) is 25.7 Å². The van der Waals surface area contributed by atoms with E-state index in [0.717, 1.165) is 37.1 Å². The van der Waals surface area contributed by atoms with E-state index in [2.05, 4.69) is 28.2 Å². The molecule has 2 aromatic rings.